The molecule has 1 aromatic carbocycles. The largest absolute Gasteiger partial charge is 0.392 e. The van der Waals surface area contributed by atoms with E-state index >= 15 is 0 Å². The highest BCUT2D eigenvalue weighted by molar-refractivity contribution is 6.29. The van der Waals surface area contributed by atoms with E-state index in [9.17, 15) is 0 Å². The van der Waals surface area contributed by atoms with Crippen LogP contribution < -0.4 is 5.32 Å². The van der Waals surface area contributed by atoms with Crippen molar-refractivity contribution in [3.63, 3.8) is 0 Å². The first-order valence-corrected chi connectivity index (χ1v) is 6.20. The molecular weight excluding hydrogens is 248 g/mol. The van der Waals surface area contributed by atoms with Crippen molar-refractivity contribution in [3.05, 3.63) is 58.9 Å². The van der Waals surface area contributed by atoms with Crippen molar-refractivity contribution in [2.24, 2.45) is 0 Å². The molecule has 0 aliphatic carbocycles. The second kappa shape index (κ2) is 6.38. The lowest BCUT2D eigenvalue weighted by molar-refractivity contribution is 0.282. The predicted octanol–water partition coefficient (Wildman–Crippen LogP) is 2.88. The molecular formula is C14H15ClN2O. The smallest absolute Gasteiger partial charge is 0.131 e. The average molecular weight is 263 g/mol. The van der Waals surface area contributed by atoms with E-state index in [2.05, 4.69) is 10.3 Å². The molecule has 2 aromatic rings. The van der Waals surface area contributed by atoms with Gasteiger partial charge in [-0.15, -0.1) is 0 Å². The molecule has 94 valence electrons. The quantitative estimate of drug-likeness (QED) is 0.815. The molecule has 1 aromatic heterocycles. The number of hydrogen-bond donors (Lipinski definition) is 2. The zero-order valence-electron chi connectivity index (χ0n) is 9.94. The van der Waals surface area contributed by atoms with E-state index in [4.69, 9.17) is 16.7 Å². The van der Waals surface area contributed by atoms with Crippen molar-refractivity contribution >= 4 is 17.3 Å². The number of aromatic nitrogens is 1. The van der Waals surface area contributed by atoms with Crippen LogP contribution in [0.25, 0.3) is 0 Å². The lowest BCUT2D eigenvalue weighted by atomic mass is 10.1. The Morgan fingerprint density at radius 1 is 1.11 bits per heavy atom. The van der Waals surface area contributed by atoms with Gasteiger partial charge in [0.2, 0.25) is 0 Å². The molecule has 0 fully saturated rings. The van der Waals surface area contributed by atoms with E-state index in [-0.39, 0.29) is 6.61 Å². The average Bonchev–Trinajstić information content (AvgIpc) is 2.40. The standard InChI is InChI=1S/C14H15ClN2O/c15-14-9-13(6-8-17-14)16-7-5-11-1-3-12(10-18)4-2-11/h1-4,6,8-9,18H,5,7,10H2,(H,16,17). The number of aliphatic hydroxyl groups excluding tert-OH is 1. The summed E-state index contributed by atoms with van der Waals surface area (Å²) in [7, 11) is 0. The van der Waals surface area contributed by atoms with Gasteiger partial charge in [0.15, 0.2) is 0 Å². The fourth-order valence-corrected chi connectivity index (χ4v) is 1.85. The number of aliphatic hydroxyl groups is 1. The molecule has 2 N–H and O–H groups in total. The van der Waals surface area contributed by atoms with Crippen LogP contribution in [0.4, 0.5) is 5.69 Å². The Hall–Kier alpha value is -1.58. The summed E-state index contributed by atoms with van der Waals surface area (Å²) in [5.41, 5.74) is 3.15. The van der Waals surface area contributed by atoms with Crippen molar-refractivity contribution < 1.29 is 5.11 Å². The summed E-state index contributed by atoms with van der Waals surface area (Å²) in [5.74, 6) is 0. The van der Waals surface area contributed by atoms with Crippen molar-refractivity contribution in [1.29, 1.82) is 0 Å². The van der Waals surface area contributed by atoms with Gasteiger partial charge in [-0.3, -0.25) is 0 Å². The van der Waals surface area contributed by atoms with Gasteiger partial charge < -0.3 is 10.4 Å². The van der Waals surface area contributed by atoms with Crippen molar-refractivity contribution in [3.8, 4) is 0 Å². The highest BCUT2D eigenvalue weighted by Crippen LogP contribution is 2.12. The Morgan fingerprint density at radius 2 is 1.83 bits per heavy atom. The molecule has 0 amide bonds. The number of pyridine rings is 1. The van der Waals surface area contributed by atoms with Crippen LogP contribution in [0.1, 0.15) is 11.1 Å². The minimum atomic E-state index is 0.0913. The summed E-state index contributed by atoms with van der Waals surface area (Å²) in [6.07, 6.45) is 2.60. The van der Waals surface area contributed by atoms with Crippen LogP contribution >= 0.6 is 11.6 Å². The molecule has 2 rings (SSSR count). The van der Waals surface area contributed by atoms with Gasteiger partial charge in [-0.25, -0.2) is 4.98 Å². The van der Waals surface area contributed by atoms with Gasteiger partial charge in [0.05, 0.1) is 6.61 Å². The predicted molar refractivity (Wildman–Crippen MR) is 73.8 cm³/mol. The molecule has 0 saturated carbocycles. The number of nitrogens with zero attached hydrogens (tertiary/aromatic N) is 1. The van der Waals surface area contributed by atoms with E-state index < -0.39 is 0 Å². The monoisotopic (exact) mass is 262 g/mol. The van der Waals surface area contributed by atoms with E-state index in [1.807, 2.05) is 30.3 Å². The molecule has 0 radical (unpaired) electrons. The number of rotatable bonds is 5. The minimum absolute atomic E-state index is 0.0913. The Morgan fingerprint density at radius 3 is 2.50 bits per heavy atom. The van der Waals surface area contributed by atoms with Crippen LogP contribution in [0.15, 0.2) is 42.6 Å². The first kappa shape index (κ1) is 12.9. The second-order valence-corrected chi connectivity index (χ2v) is 4.41. The number of halogens is 1. The maximum atomic E-state index is 8.95. The Bertz CT molecular complexity index is 499. The van der Waals surface area contributed by atoms with Crippen LogP contribution in [0, 0.1) is 0 Å². The molecule has 0 atom stereocenters. The molecule has 3 nitrogen and oxygen atoms in total. The maximum Gasteiger partial charge on any atom is 0.131 e. The van der Waals surface area contributed by atoms with Crippen LogP contribution in [-0.2, 0) is 13.0 Å². The van der Waals surface area contributed by atoms with Gasteiger partial charge in [0.1, 0.15) is 5.15 Å². The highest BCUT2D eigenvalue weighted by atomic mass is 35.5. The van der Waals surface area contributed by atoms with Crippen molar-refractivity contribution in [2.75, 3.05) is 11.9 Å². The van der Waals surface area contributed by atoms with Crippen LogP contribution in [-0.4, -0.2) is 16.6 Å². The van der Waals surface area contributed by atoms with Crippen molar-refractivity contribution in [1.82, 2.24) is 4.98 Å². The normalized spacial score (nSPS) is 10.3. The fraction of sp³-hybridized carbons (Fsp3) is 0.214. The Labute approximate surface area is 111 Å². The van der Waals surface area contributed by atoms with Crippen LogP contribution in [0.5, 0.6) is 0 Å². The molecule has 1 heterocycles. The van der Waals surface area contributed by atoms with Gasteiger partial charge >= 0.3 is 0 Å². The molecule has 0 saturated heterocycles. The van der Waals surface area contributed by atoms with Crippen LogP contribution in [0.3, 0.4) is 0 Å². The lowest BCUT2D eigenvalue weighted by Crippen LogP contribution is -2.04. The molecule has 0 bridgehead atoms. The van der Waals surface area contributed by atoms with Gasteiger partial charge in [-0.1, -0.05) is 35.9 Å². The van der Waals surface area contributed by atoms with E-state index in [1.165, 1.54) is 5.56 Å². The third kappa shape index (κ3) is 3.72. The maximum absolute atomic E-state index is 8.95. The summed E-state index contributed by atoms with van der Waals surface area (Å²) in [6.45, 7) is 0.923. The molecule has 4 heteroatoms. The summed E-state index contributed by atoms with van der Waals surface area (Å²) in [4.78, 5) is 3.93. The molecule has 0 unspecified atom stereocenters. The number of anilines is 1. The zero-order valence-corrected chi connectivity index (χ0v) is 10.7. The highest BCUT2D eigenvalue weighted by Gasteiger charge is 1.96. The van der Waals surface area contributed by atoms with Gasteiger partial charge in [0.25, 0.3) is 0 Å². The van der Waals surface area contributed by atoms with Gasteiger partial charge in [0, 0.05) is 18.4 Å². The van der Waals surface area contributed by atoms with Gasteiger partial charge in [-0.05, 0) is 29.7 Å². The van der Waals surface area contributed by atoms with Crippen molar-refractivity contribution in [2.45, 2.75) is 13.0 Å². The minimum Gasteiger partial charge on any atom is -0.392 e. The van der Waals surface area contributed by atoms with Crippen LogP contribution in [0.2, 0.25) is 5.15 Å². The number of hydrogen-bond acceptors (Lipinski definition) is 3. The lowest BCUT2D eigenvalue weighted by Gasteiger charge is -2.07. The first-order valence-electron chi connectivity index (χ1n) is 5.82. The molecule has 0 spiro atoms. The molecule has 18 heavy (non-hydrogen) atoms. The topological polar surface area (TPSA) is 45.1 Å². The summed E-state index contributed by atoms with van der Waals surface area (Å²) >= 11 is 5.80. The molecule has 0 aliphatic rings. The summed E-state index contributed by atoms with van der Waals surface area (Å²) < 4.78 is 0. The Kier molecular flexibility index (Phi) is 4.56. The third-order valence-electron chi connectivity index (χ3n) is 2.67. The SMILES string of the molecule is OCc1ccc(CCNc2ccnc(Cl)c2)cc1. The number of nitrogens with one attached hydrogen (secondary N) is 1. The number of benzene rings is 1. The zero-order chi connectivity index (χ0) is 12.8. The fourth-order valence-electron chi connectivity index (χ4n) is 1.67. The Balaban J connectivity index is 1.84. The second-order valence-electron chi connectivity index (χ2n) is 4.02. The van der Waals surface area contributed by atoms with E-state index in [0.717, 1.165) is 24.2 Å². The summed E-state index contributed by atoms with van der Waals surface area (Å²) in [5, 5.41) is 12.7. The van der Waals surface area contributed by atoms with E-state index in [1.54, 1.807) is 12.3 Å². The molecule has 0 aliphatic heterocycles. The first-order chi connectivity index (χ1) is 8.78. The van der Waals surface area contributed by atoms with Gasteiger partial charge in [-0.2, -0.15) is 0 Å². The van der Waals surface area contributed by atoms with E-state index in [0.29, 0.717) is 5.15 Å². The summed E-state index contributed by atoms with van der Waals surface area (Å²) in [6, 6.07) is 11.6. The third-order valence-corrected chi connectivity index (χ3v) is 2.88.